The van der Waals surface area contributed by atoms with E-state index in [1.165, 1.54) is 28.7 Å². The van der Waals surface area contributed by atoms with Gasteiger partial charge in [-0.3, -0.25) is 0 Å². The quantitative estimate of drug-likeness (QED) is 0.729. The number of rotatable bonds is 5. The molecule has 0 aromatic heterocycles. The number of hydrogen-bond acceptors (Lipinski definition) is 2. The third-order valence-electron chi connectivity index (χ3n) is 4.61. The van der Waals surface area contributed by atoms with Crippen molar-refractivity contribution >= 4 is 0 Å². The highest BCUT2D eigenvalue weighted by Crippen LogP contribution is 2.41. The molecule has 2 nitrogen and oxygen atoms in total. The van der Waals surface area contributed by atoms with Crippen LogP contribution < -0.4 is 0 Å². The third kappa shape index (κ3) is 3.23. The van der Waals surface area contributed by atoms with Gasteiger partial charge < -0.3 is 9.47 Å². The van der Waals surface area contributed by atoms with Crippen LogP contribution in [0.15, 0.2) is 48.5 Å². The highest BCUT2D eigenvalue weighted by atomic mass is 16.7. The van der Waals surface area contributed by atoms with Gasteiger partial charge in [0.1, 0.15) is 6.79 Å². The Kier molecular flexibility index (Phi) is 4.91. The summed E-state index contributed by atoms with van der Waals surface area (Å²) in [7, 11) is 1.68. The van der Waals surface area contributed by atoms with E-state index in [4.69, 9.17) is 9.47 Å². The second kappa shape index (κ2) is 7.08. The average Bonchev–Trinajstić information content (AvgIpc) is 3.02. The SMILES string of the molecule is COCOC1CCC(c2cccc(C)c2-c2ccccc2)C1. The largest absolute Gasteiger partial charge is 0.359 e. The fraction of sp³-hybridized carbons (Fsp3) is 0.400. The van der Waals surface area contributed by atoms with Crippen LogP contribution in [-0.2, 0) is 9.47 Å². The molecule has 0 spiro atoms. The molecule has 2 heteroatoms. The van der Waals surface area contributed by atoms with Crippen LogP contribution in [0.2, 0.25) is 0 Å². The average molecular weight is 296 g/mol. The predicted octanol–water partition coefficient (Wildman–Crippen LogP) is 4.92. The van der Waals surface area contributed by atoms with Crippen LogP contribution in [0.3, 0.4) is 0 Å². The van der Waals surface area contributed by atoms with E-state index < -0.39 is 0 Å². The van der Waals surface area contributed by atoms with Crippen molar-refractivity contribution in [3.8, 4) is 11.1 Å². The Bertz CT molecular complexity index is 606. The van der Waals surface area contributed by atoms with Gasteiger partial charge in [-0.1, -0.05) is 48.5 Å². The van der Waals surface area contributed by atoms with Gasteiger partial charge in [-0.05, 0) is 54.4 Å². The molecular weight excluding hydrogens is 272 g/mol. The van der Waals surface area contributed by atoms with Crippen LogP contribution in [0.5, 0.6) is 0 Å². The lowest BCUT2D eigenvalue weighted by atomic mass is 9.87. The van der Waals surface area contributed by atoms with Crippen molar-refractivity contribution in [2.45, 2.75) is 38.2 Å². The second-order valence-corrected chi connectivity index (χ2v) is 6.11. The first-order chi connectivity index (χ1) is 10.8. The van der Waals surface area contributed by atoms with E-state index in [1.807, 2.05) is 0 Å². The normalized spacial score (nSPS) is 21.2. The molecule has 116 valence electrons. The zero-order chi connectivity index (χ0) is 15.4. The summed E-state index contributed by atoms with van der Waals surface area (Å²) >= 11 is 0. The fourth-order valence-corrected chi connectivity index (χ4v) is 3.57. The van der Waals surface area contributed by atoms with E-state index in [9.17, 15) is 0 Å². The molecule has 0 N–H and O–H groups in total. The lowest BCUT2D eigenvalue weighted by molar-refractivity contribution is -0.0690. The zero-order valence-corrected chi connectivity index (χ0v) is 13.4. The Hall–Kier alpha value is -1.64. The minimum absolute atomic E-state index is 0.328. The topological polar surface area (TPSA) is 18.5 Å². The van der Waals surface area contributed by atoms with Crippen molar-refractivity contribution in [2.24, 2.45) is 0 Å². The van der Waals surface area contributed by atoms with Crippen LogP contribution in [0, 0.1) is 6.92 Å². The van der Waals surface area contributed by atoms with Gasteiger partial charge in [0.25, 0.3) is 0 Å². The Morgan fingerprint density at radius 1 is 1.00 bits per heavy atom. The van der Waals surface area contributed by atoms with Gasteiger partial charge in [-0.25, -0.2) is 0 Å². The number of benzene rings is 2. The maximum absolute atomic E-state index is 5.76. The predicted molar refractivity (Wildman–Crippen MR) is 90.0 cm³/mol. The highest BCUT2D eigenvalue weighted by Gasteiger charge is 2.28. The van der Waals surface area contributed by atoms with E-state index in [2.05, 4.69) is 55.5 Å². The summed E-state index contributed by atoms with van der Waals surface area (Å²) in [4.78, 5) is 0. The molecular formula is C20H24O2. The zero-order valence-electron chi connectivity index (χ0n) is 13.4. The molecule has 22 heavy (non-hydrogen) atoms. The summed E-state index contributed by atoms with van der Waals surface area (Å²) in [6, 6.07) is 17.4. The second-order valence-electron chi connectivity index (χ2n) is 6.11. The number of hydrogen-bond donors (Lipinski definition) is 0. The van der Waals surface area contributed by atoms with Crippen molar-refractivity contribution in [2.75, 3.05) is 13.9 Å². The van der Waals surface area contributed by atoms with Crippen LogP contribution in [-0.4, -0.2) is 20.0 Å². The number of aryl methyl sites for hydroxylation is 1. The fourth-order valence-electron chi connectivity index (χ4n) is 3.57. The van der Waals surface area contributed by atoms with E-state index in [-0.39, 0.29) is 0 Å². The molecule has 2 atom stereocenters. The number of methoxy groups -OCH3 is 1. The third-order valence-corrected chi connectivity index (χ3v) is 4.61. The van der Waals surface area contributed by atoms with E-state index in [0.717, 1.165) is 12.8 Å². The molecule has 1 aliphatic rings. The van der Waals surface area contributed by atoms with Crippen molar-refractivity contribution in [3.63, 3.8) is 0 Å². The Labute approximate surface area is 133 Å². The Morgan fingerprint density at radius 3 is 2.59 bits per heavy atom. The van der Waals surface area contributed by atoms with Crippen LogP contribution in [0.4, 0.5) is 0 Å². The molecule has 1 fully saturated rings. The molecule has 0 saturated heterocycles. The van der Waals surface area contributed by atoms with Crippen molar-refractivity contribution in [1.82, 2.24) is 0 Å². The smallest absolute Gasteiger partial charge is 0.146 e. The minimum atomic E-state index is 0.328. The molecule has 2 aromatic rings. The molecule has 0 radical (unpaired) electrons. The first-order valence-corrected chi connectivity index (χ1v) is 8.05. The van der Waals surface area contributed by atoms with Crippen LogP contribution in [0.1, 0.15) is 36.3 Å². The molecule has 0 heterocycles. The van der Waals surface area contributed by atoms with Gasteiger partial charge in [0.2, 0.25) is 0 Å². The summed E-state index contributed by atoms with van der Waals surface area (Å²) in [6.45, 7) is 2.61. The van der Waals surface area contributed by atoms with Gasteiger partial charge in [0.15, 0.2) is 0 Å². The van der Waals surface area contributed by atoms with Gasteiger partial charge >= 0.3 is 0 Å². The van der Waals surface area contributed by atoms with E-state index in [0.29, 0.717) is 18.8 Å². The summed E-state index contributed by atoms with van der Waals surface area (Å²) in [5.41, 5.74) is 5.54. The number of ether oxygens (including phenoxy) is 2. The van der Waals surface area contributed by atoms with E-state index in [1.54, 1.807) is 7.11 Å². The molecule has 0 amide bonds. The molecule has 0 bridgehead atoms. The monoisotopic (exact) mass is 296 g/mol. The standard InChI is InChI=1S/C20H24O2/c1-15-7-6-10-19(20(15)16-8-4-3-5-9-16)17-11-12-18(13-17)22-14-21-2/h3-10,17-18H,11-14H2,1-2H3. The van der Waals surface area contributed by atoms with Gasteiger partial charge in [-0.2, -0.15) is 0 Å². The molecule has 0 aliphatic heterocycles. The molecule has 2 unspecified atom stereocenters. The van der Waals surface area contributed by atoms with E-state index >= 15 is 0 Å². The van der Waals surface area contributed by atoms with Crippen molar-refractivity contribution < 1.29 is 9.47 Å². The van der Waals surface area contributed by atoms with Crippen LogP contribution >= 0.6 is 0 Å². The maximum Gasteiger partial charge on any atom is 0.146 e. The first kappa shape index (κ1) is 15.3. The Morgan fingerprint density at radius 2 is 1.82 bits per heavy atom. The highest BCUT2D eigenvalue weighted by molar-refractivity contribution is 5.71. The van der Waals surface area contributed by atoms with Crippen molar-refractivity contribution in [1.29, 1.82) is 0 Å². The summed E-state index contributed by atoms with van der Waals surface area (Å²) in [5.74, 6) is 0.581. The summed E-state index contributed by atoms with van der Waals surface area (Å²) in [6.07, 6.45) is 3.73. The van der Waals surface area contributed by atoms with Gasteiger partial charge in [0, 0.05) is 7.11 Å². The van der Waals surface area contributed by atoms with Gasteiger partial charge in [0.05, 0.1) is 6.10 Å². The van der Waals surface area contributed by atoms with Gasteiger partial charge in [-0.15, -0.1) is 0 Å². The lowest BCUT2D eigenvalue weighted by Crippen LogP contribution is -2.10. The maximum atomic E-state index is 5.76. The van der Waals surface area contributed by atoms with Crippen LogP contribution in [0.25, 0.3) is 11.1 Å². The molecule has 2 aromatic carbocycles. The Balaban J connectivity index is 1.87. The summed E-state index contributed by atoms with van der Waals surface area (Å²) in [5, 5.41) is 0. The first-order valence-electron chi connectivity index (χ1n) is 8.05. The molecule has 3 rings (SSSR count). The molecule has 1 saturated carbocycles. The minimum Gasteiger partial charge on any atom is -0.359 e. The van der Waals surface area contributed by atoms with Crippen molar-refractivity contribution in [3.05, 3.63) is 59.7 Å². The summed E-state index contributed by atoms with van der Waals surface area (Å²) < 4.78 is 10.8. The lowest BCUT2D eigenvalue weighted by Gasteiger charge is -2.18. The molecule has 1 aliphatic carbocycles.